The van der Waals surface area contributed by atoms with Crippen LogP contribution in [0.4, 0.5) is 40.3 Å². The number of rotatable bonds is 23. The summed E-state index contributed by atoms with van der Waals surface area (Å²) in [5.41, 5.74) is 42.9. The molecule has 0 atom stereocenters. The normalized spacial score (nSPS) is 15.4. The number of nitrogens with one attached hydrogen (secondary N) is 4. The molecule has 1 aliphatic carbocycles. The number of anilines is 7. The molecule has 0 bridgehead atoms. The smallest absolute Gasteiger partial charge is 0.181 e. The minimum atomic E-state index is 0.304. The molecule has 12 heterocycles. The molecular weight excluding hydrogens is 1710 g/mol. The van der Waals surface area contributed by atoms with Crippen LogP contribution in [0.15, 0.2) is 122 Å². The maximum absolute atomic E-state index is 6.63. The lowest BCUT2D eigenvalue weighted by atomic mass is 9.99. The van der Waals surface area contributed by atoms with Crippen LogP contribution in [0.5, 0.6) is 5.75 Å². The van der Waals surface area contributed by atoms with Crippen molar-refractivity contribution in [3.8, 4) is 50.3 Å². The number of nitrogens with zero attached hydrogens (tertiary/aromatic N) is 12. The van der Waals surface area contributed by atoms with Crippen molar-refractivity contribution < 1.29 is 14.2 Å². The maximum Gasteiger partial charge on any atom is 0.181 e. The largest absolute Gasteiger partial charge is 0.489 e. The fourth-order valence-electron chi connectivity index (χ4n) is 16.2. The van der Waals surface area contributed by atoms with Crippen LogP contribution >= 0.6 is 105 Å². The molecule has 12 N–H and O–H groups in total. The van der Waals surface area contributed by atoms with E-state index in [1.165, 1.54) is 25.7 Å². The van der Waals surface area contributed by atoms with E-state index in [0.717, 1.165) is 233 Å². The molecule has 32 heteroatoms. The van der Waals surface area contributed by atoms with Crippen LogP contribution in [-0.2, 0) is 35.7 Å². The third-order valence-electron chi connectivity index (χ3n) is 22.3. The van der Waals surface area contributed by atoms with Gasteiger partial charge in [0, 0.05) is 254 Å². The van der Waals surface area contributed by atoms with Crippen LogP contribution in [0.1, 0.15) is 89.5 Å². The first-order chi connectivity index (χ1) is 58.6. The molecule has 0 unspecified atom stereocenters. The zero-order valence-corrected chi connectivity index (χ0v) is 76.1. The standard InChI is InChI=1S/C23H27Cl2N5O.C22H28Cl2N6.C22H27Cl2N5S.C22H26Cl2N4O2/c24-15-5-6-17(20(25)11-15)19-14-30-21(29-7-9-31-10-8-29)13-27-23(30)22(18(19)12-26)28-16-3-1-2-4-16;1-14(2)11-27-21-17(10-25)18(16-4-3-15(23)9-19(16)24)13-30-20(12-28-22(21)30)29-7-5-26-6-8-29;1-14(2)11-26-21-17(10-25)18(16-4-3-15(23)9-19(16)24)13-29-20(12-27-22(21)29)28-5-7-30-8-6-28;1-14(2)13-30-21-17(10-25)18(16-4-3-15(23)9-19(16)24)12-28-20(11-26-22(21)28)27-5-7-29-8-6-27/h5-6,11,13-14,16,28H,1-4,7-10,12,26H2;3-4,9,12-14,26-27H,5-8,10-11,25H2,1-2H3;3-4,9,12-14,26H,5-8,10-11,25H2,1-2H3;3-4,9,11-12,14H,5-8,10,13,25H2,1-2H3. The molecule has 4 saturated heterocycles. The molecular formula is C89H108Cl8N20O3S. The van der Waals surface area contributed by atoms with Gasteiger partial charge < -0.3 is 78.0 Å². The van der Waals surface area contributed by atoms with Gasteiger partial charge in [-0.05, 0) is 79.1 Å². The fraction of sp³-hybridized carbons (Fsp3) is 0.416. The van der Waals surface area contributed by atoms with E-state index in [1.54, 1.807) is 24.3 Å². The van der Waals surface area contributed by atoms with Crippen molar-refractivity contribution in [1.29, 1.82) is 0 Å². The summed E-state index contributed by atoms with van der Waals surface area (Å²) in [7, 11) is 0. The van der Waals surface area contributed by atoms with E-state index in [4.69, 9.17) is 150 Å². The Hall–Kier alpha value is -7.57. The summed E-state index contributed by atoms with van der Waals surface area (Å²) in [5.74, 6) is 8.54. The molecule has 5 fully saturated rings. The van der Waals surface area contributed by atoms with Gasteiger partial charge in [-0.2, -0.15) is 11.8 Å². The van der Waals surface area contributed by atoms with E-state index < -0.39 is 0 Å². The van der Waals surface area contributed by atoms with Crippen LogP contribution in [0.25, 0.3) is 67.1 Å². The lowest BCUT2D eigenvalue weighted by Gasteiger charge is -2.29. The highest BCUT2D eigenvalue weighted by Crippen LogP contribution is 2.45. The number of morpholine rings is 2. The van der Waals surface area contributed by atoms with Gasteiger partial charge in [0.1, 0.15) is 23.3 Å². The van der Waals surface area contributed by atoms with E-state index in [1.807, 2.05) is 91.3 Å². The lowest BCUT2D eigenvalue weighted by molar-refractivity contribution is 0.122. The molecule has 0 amide bonds. The summed E-state index contributed by atoms with van der Waals surface area (Å²) in [6.45, 7) is 28.6. The average molecular weight is 1820 g/mol. The molecule has 1 saturated carbocycles. The number of fused-ring (bicyclic) bond motifs is 4. The molecule has 5 aliphatic rings. The fourth-order valence-corrected chi connectivity index (χ4v) is 19.1. The summed E-state index contributed by atoms with van der Waals surface area (Å²) < 4.78 is 25.9. The van der Waals surface area contributed by atoms with Gasteiger partial charge in [0.15, 0.2) is 28.3 Å². The highest BCUT2D eigenvalue weighted by Gasteiger charge is 2.30. The summed E-state index contributed by atoms with van der Waals surface area (Å²) in [5, 5.41) is 19.2. The van der Waals surface area contributed by atoms with Crippen LogP contribution in [0, 0.1) is 17.8 Å². The predicted octanol–water partition coefficient (Wildman–Crippen LogP) is 19.2. The van der Waals surface area contributed by atoms with E-state index >= 15 is 0 Å². The Kier molecular flexibility index (Phi) is 30.8. The highest BCUT2D eigenvalue weighted by atomic mass is 35.5. The quantitative estimate of drug-likeness (QED) is 0.0296. The molecule has 17 rings (SSSR count). The first-order valence-electron chi connectivity index (χ1n) is 41.7. The van der Waals surface area contributed by atoms with Crippen LogP contribution < -0.4 is 68.5 Å². The molecule has 12 aromatic rings. The Bertz CT molecular complexity index is 5180. The van der Waals surface area contributed by atoms with Crippen molar-refractivity contribution in [2.75, 3.05) is 159 Å². The molecule has 8 aromatic heterocycles. The van der Waals surface area contributed by atoms with Gasteiger partial charge in [-0.25, -0.2) is 19.9 Å². The van der Waals surface area contributed by atoms with Crippen LogP contribution in [0.2, 0.25) is 40.2 Å². The third kappa shape index (κ3) is 20.5. The molecule has 644 valence electrons. The Labute approximate surface area is 752 Å². The minimum Gasteiger partial charge on any atom is -0.489 e. The van der Waals surface area contributed by atoms with Gasteiger partial charge in [0.2, 0.25) is 0 Å². The highest BCUT2D eigenvalue weighted by molar-refractivity contribution is 7.99. The van der Waals surface area contributed by atoms with E-state index in [9.17, 15) is 0 Å². The van der Waals surface area contributed by atoms with Gasteiger partial charge in [0.05, 0.1) is 74.9 Å². The topological polar surface area (TPSA) is 262 Å². The van der Waals surface area contributed by atoms with Gasteiger partial charge >= 0.3 is 0 Å². The number of thioether (sulfide) groups is 1. The number of nitrogens with two attached hydrogens (primary N) is 4. The van der Waals surface area contributed by atoms with Crippen LogP contribution in [-0.4, -0.2) is 167 Å². The number of hydrogen-bond donors (Lipinski definition) is 8. The van der Waals surface area contributed by atoms with Gasteiger partial charge in [-0.3, -0.25) is 17.6 Å². The molecule has 0 spiro atoms. The number of ether oxygens (including phenoxy) is 3. The number of pyridine rings is 4. The maximum atomic E-state index is 6.63. The van der Waals surface area contributed by atoms with Crippen molar-refractivity contribution in [3.05, 3.63) is 185 Å². The van der Waals surface area contributed by atoms with E-state index in [2.05, 4.69) is 119 Å². The van der Waals surface area contributed by atoms with Crippen molar-refractivity contribution in [1.82, 2.24) is 42.9 Å². The van der Waals surface area contributed by atoms with Gasteiger partial charge in [0.25, 0.3) is 0 Å². The Morgan fingerprint density at radius 1 is 0.421 bits per heavy atom. The third-order valence-corrected chi connectivity index (χ3v) is 25.4. The zero-order chi connectivity index (χ0) is 85.1. The summed E-state index contributed by atoms with van der Waals surface area (Å²) >= 11 is 53.0. The monoisotopic (exact) mass is 1820 g/mol. The second-order valence-electron chi connectivity index (χ2n) is 32.0. The molecule has 4 aromatic carbocycles. The number of benzene rings is 4. The number of hydrogen-bond acceptors (Lipinski definition) is 20. The molecule has 4 aliphatic heterocycles. The second-order valence-corrected chi connectivity index (χ2v) is 36.6. The first-order valence-corrected chi connectivity index (χ1v) is 45.9. The number of imidazole rings is 4. The van der Waals surface area contributed by atoms with Crippen molar-refractivity contribution in [2.24, 2.45) is 40.7 Å². The number of halogens is 8. The predicted molar refractivity (Wildman–Crippen MR) is 508 cm³/mol. The Morgan fingerprint density at radius 3 is 1.11 bits per heavy atom. The molecule has 121 heavy (non-hydrogen) atoms. The molecule has 23 nitrogen and oxygen atoms in total. The van der Waals surface area contributed by atoms with E-state index in [0.29, 0.717) is 116 Å². The lowest BCUT2D eigenvalue weighted by Crippen LogP contribution is -2.44. The second kappa shape index (κ2) is 41.5. The summed E-state index contributed by atoms with van der Waals surface area (Å²) in [6.07, 6.45) is 21.0. The van der Waals surface area contributed by atoms with Crippen LogP contribution in [0.3, 0.4) is 0 Å². The Balaban J connectivity index is 0.000000132. The van der Waals surface area contributed by atoms with Gasteiger partial charge in [-0.1, -0.05) is 171 Å². The zero-order valence-electron chi connectivity index (χ0n) is 69.3. The average Bonchev–Trinajstić information content (AvgIpc) is 1.69. The molecule has 0 radical (unpaired) electrons. The summed E-state index contributed by atoms with van der Waals surface area (Å²) in [4.78, 5) is 28.4. The van der Waals surface area contributed by atoms with Crippen molar-refractivity contribution in [2.45, 2.75) is 99.4 Å². The number of aromatic nitrogens is 8. The van der Waals surface area contributed by atoms with Gasteiger partial charge in [-0.15, -0.1) is 0 Å². The number of piperazine rings is 1. The summed E-state index contributed by atoms with van der Waals surface area (Å²) in [6, 6.07) is 22.8. The Morgan fingerprint density at radius 2 is 0.752 bits per heavy atom. The first kappa shape index (κ1) is 89.7. The minimum absolute atomic E-state index is 0.304. The van der Waals surface area contributed by atoms with Crippen molar-refractivity contribution in [3.63, 3.8) is 0 Å². The van der Waals surface area contributed by atoms with Crippen molar-refractivity contribution >= 4 is 167 Å². The van der Waals surface area contributed by atoms with E-state index in [-0.39, 0.29) is 0 Å². The SMILES string of the molecule is CC(C)CNc1c(CN)c(-c2ccc(Cl)cc2Cl)cn2c(N3CCNCC3)cnc12.CC(C)CNc1c(CN)c(-c2ccc(Cl)cc2Cl)cn2c(N3CCSCC3)cnc12.CC(C)COc1c(CN)c(-c2ccc(Cl)cc2Cl)cn2c(N3CCOCC3)cnc12.NCc1c(-c2ccc(Cl)cc2Cl)cn2c(N3CCOCC3)cnc2c1NC1CCCC1.